The molecule has 4 N–H and O–H groups in total. The van der Waals surface area contributed by atoms with Crippen LogP contribution in [0.25, 0.3) is 0 Å². The van der Waals surface area contributed by atoms with Crippen LogP contribution >= 0.6 is 0 Å². The molecule has 0 bridgehead atoms. The SMILES string of the molecule is Nc1ccc(C(=O)O)c(NC(=O)c2ccccc2)c1. The number of benzene rings is 2. The van der Waals surface area contributed by atoms with Crippen LogP contribution in [0.1, 0.15) is 20.7 Å². The van der Waals surface area contributed by atoms with Gasteiger partial charge in [0.1, 0.15) is 0 Å². The van der Waals surface area contributed by atoms with E-state index < -0.39 is 5.97 Å². The average Bonchev–Trinajstić information content (AvgIpc) is 2.39. The van der Waals surface area contributed by atoms with Crippen molar-refractivity contribution in [3.63, 3.8) is 0 Å². The van der Waals surface area contributed by atoms with E-state index in [-0.39, 0.29) is 17.2 Å². The van der Waals surface area contributed by atoms with Gasteiger partial charge in [-0.25, -0.2) is 4.79 Å². The van der Waals surface area contributed by atoms with E-state index in [1.54, 1.807) is 30.3 Å². The van der Waals surface area contributed by atoms with Crippen molar-refractivity contribution >= 4 is 23.3 Å². The lowest BCUT2D eigenvalue weighted by Gasteiger charge is -2.09. The zero-order valence-corrected chi connectivity index (χ0v) is 9.96. The molecule has 0 saturated heterocycles. The number of hydrogen-bond acceptors (Lipinski definition) is 3. The third-order valence-electron chi connectivity index (χ3n) is 2.56. The quantitative estimate of drug-likeness (QED) is 0.734. The first-order valence-electron chi connectivity index (χ1n) is 5.57. The second-order valence-corrected chi connectivity index (χ2v) is 3.93. The van der Waals surface area contributed by atoms with Gasteiger partial charge in [-0.15, -0.1) is 0 Å². The fourth-order valence-corrected chi connectivity index (χ4v) is 1.64. The minimum atomic E-state index is -1.12. The molecule has 5 heteroatoms. The number of hydrogen-bond donors (Lipinski definition) is 3. The van der Waals surface area contributed by atoms with Gasteiger partial charge in [0, 0.05) is 11.3 Å². The second-order valence-electron chi connectivity index (χ2n) is 3.93. The molecule has 0 fully saturated rings. The molecule has 0 aliphatic rings. The average molecular weight is 256 g/mol. The highest BCUT2D eigenvalue weighted by Gasteiger charge is 2.13. The van der Waals surface area contributed by atoms with Gasteiger partial charge in [0.2, 0.25) is 0 Å². The Morgan fingerprint density at radius 1 is 1.05 bits per heavy atom. The molecule has 0 aliphatic heterocycles. The number of amides is 1. The lowest BCUT2D eigenvalue weighted by atomic mass is 10.1. The van der Waals surface area contributed by atoms with Gasteiger partial charge in [0.05, 0.1) is 11.3 Å². The molecular formula is C14H12N2O3. The van der Waals surface area contributed by atoms with Gasteiger partial charge in [0.15, 0.2) is 0 Å². The fourth-order valence-electron chi connectivity index (χ4n) is 1.64. The number of carboxylic acids is 1. The topological polar surface area (TPSA) is 92.4 Å². The minimum Gasteiger partial charge on any atom is -0.478 e. The van der Waals surface area contributed by atoms with Crippen molar-refractivity contribution in [2.75, 3.05) is 11.1 Å². The summed E-state index contributed by atoms with van der Waals surface area (Å²) in [6.45, 7) is 0. The first kappa shape index (κ1) is 12.6. The van der Waals surface area contributed by atoms with Gasteiger partial charge in [-0.1, -0.05) is 18.2 Å². The number of nitrogens with one attached hydrogen (secondary N) is 1. The van der Waals surface area contributed by atoms with Crippen molar-refractivity contribution in [2.24, 2.45) is 0 Å². The highest BCUT2D eigenvalue weighted by molar-refractivity contribution is 6.08. The number of carbonyl (C=O) groups excluding carboxylic acids is 1. The van der Waals surface area contributed by atoms with Crippen LogP contribution in [-0.4, -0.2) is 17.0 Å². The summed E-state index contributed by atoms with van der Waals surface area (Å²) in [4.78, 5) is 23.0. The van der Waals surface area contributed by atoms with E-state index in [0.29, 0.717) is 11.3 Å². The maximum atomic E-state index is 12.0. The van der Waals surface area contributed by atoms with E-state index in [0.717, 1.165) is 0 Å². The minimum absolute atomic E-state index is 0.00141. The van der Waals surface area contributed by atoms with Gasteiger partial charge in [0.25, 0.3) is 5.91 Å². The number of aromatic carboxylic acids is 1. The van der Waals surface area contributed by atoms with Gasteiger partial charge in [-0.05, 0) is 30.3 Å². The van der Waals surface area contributed by atoms with E-state index in [2.05, 4.69) is 5.32 Å². The van der Waals surface area contributed by atoms with Crippen LogP contribution in [0.15, 0.2) is 48.5 Å². The summed E-state index contributed by atoms with van der Waals surface area (Å²) < 4.78 is 0. The molecule has 0 heterocycles. The van der Waals surface area contributed by atoms with Crippen molar-refractivity contribution < 1.29 is 14.7 Å². The molecule has 0 aliphatic carbocycles. The summed E-state index contributed by atoms with van der Waals surface area (Å²) >= 11 is 0. The molecule has 0 saturated carbocycles. The Bertz CT molecular complexity index is 624. The number of carboxylic acid groups (broad SMARTS) is 1. The molecule has 0 spiro atoms. The molecule has 0 aromatic heterocycles. The Labute approximate surface area is 109 Å². The summed E-state index contributed by atoms with van der Waals surface area (Å²) in [6.07, 6.45) is 0. The molecule has 2 rings (SSSR count). The first-order valence-corrected chi connectivity index (χ1v) is 5.57. The van der Waals surface area contributed by atoms with Crippen LogP contribution in [-0.2, 0) is 0 Å². The van der Waals surface area contributed by atoms with Crippen LogP contribution in [0, 0.1) is 0 Å². The molecule has 1 amide bonds. The Morgan fingerprint density at radius 3 is 2.37 bits per heavy atom. The molecule has 0 radical (unpaired) electrons. The monoisotopic (exact) mass is 256 g/mol. The Morgan fingerprint density at radius 2 is 1.74 bits per heavy atom. The summed E-state index contributed by atoms with van der Waals surface area (Å²) in [6, 6.07) is 12.8. The van der Waals surface area contributed by atoms with E-state index in [1.807, 2.05) is 0 Å². The van der Waals surface area contributed by atoms with Crippen molar-refractivity contribution in [1.82, 2.24) is 0 Å². The summed E-state index contributed by atoms with van der Waals surface area (Å²) in [5.74, 6) is -1.50. The third kappa shape index (κ3) is 2.90. The van der Waals surface area contributed by atoms with E-state index in [4.69, 9.17) is 10.8 Å². The van der Waals surface area contributed by atoms with Crippen molar-refractivity contribution in [1.29, 1.82) is 0 Å². The number of nitrogens with two attached hydrogens (primary N) is 1. The molecule has 0 unspecified atom stereocenters. The van der Waals surface area contributed by atoms with Gasteiger partial charge in [-0.2, -0.15) is 0 Å². The van der Waals surface area contributed by atoms with E-state index >= 15 is 0 Å². The predicted octanol–water partition coefficient (Wildman–Crippen LogP) is 2.22. The highest BCUT2D eigenvalue weighted by Crippen LogP contribution is 2.20. The highest BCUT2D eigenvalue weighted by atomic mass is 16.4. The molecule has 5 nitrogen and oxygen atoms in total. The molecule has 0 atom stereocenters. The van der Waals surface area contributed by atoms with E-state index in [9.17, 15) is 9.59 Å². The molecule has 2 aromatic rings. The van der Waals surface area contributed by atoms with Gasteiger partial charge >= 0.3 is 5.97 Å². The van der Waals surface area contributed by atoms with Crippen LogP contribution in [0.3, 0.4) is 0 Å². The van der Waals surface area contributed by atoms with Crippen molar-refractivity contribution in [3.05, 3.63) is 59.7 Å². The van der Waals surface area contributed by atoms with Crippen LogP contribution in [0.2, 0.25) is 0 Å². The maximum absolute atomic E-state index is 12.0. The fraction of sp³-hybridized carbons (Fsp3) is 0. The van der Waals surface area contributed by atoms with Crippen LogP contribution < -0.4 is 11.1 Å². The zero-order chi connectivity index (χ0) is 13.8. The van der Waals surface area contributed by atoms with Crippen molar-refractivity contribution in [3.8, 4) is 0 Å². The van der Waals surface area contributed by atoms with Crippen molar-refractivity contribution in [2.45, 2.75) is 0 Å². The second kappa shape index (κ2) is 5.22. The van der Waals surface area contributed by atoms with Crippen LogP contribution in [0.5, 0.6) is 0 Å². The normalized spacial score (nSPS) is 9.89. The summed E-state index contributed by atoms with van der Waals surface area (Å²) in [5.41, 5.74) is 6.61. The maximum Gasteiger partial charge on any atom is 0.337 e. The largest absolute Gasteiger partial charge is 0.478 e. The molecule has 2 aromatic carbocycles. The smallest absolute Gasteiger partial charge is 0.337 e. The predicted molar refractivity (Wildman–Crippen MR) is 72.2 cm³/mol. The lowest BCUT2D eigenvalue weighted by Crippen LogP contribution is -2.15. The number of nitrogen functional groups attached to an aromatic ring is 1. The van der Waals surface area contributed by atoms with Crippen LogP contribution in [0.4, 0.5) is 11.4 Å². The number of anilines is 2. The Balaban J connectivity index is 2.31. The van der Waals surface area contributed by atoms with Gasteiger partial charge in [-0.3, -0.25) is 4.79 Å². The number of rotatable bonds is 3. The number of carbonyl (C=O) groups is 2. The Kier molecular flexibility index (Phi) is 3.47. The molecule has 96 valence electrons. The summed E-state index contributed by atoms with van der Waals surface area (Å²) in [7, 11) is 0. The Hall–Kier alpha value is -2.82. The standard InChI is InChI=1S/C14H12N2O3/c15-10-6-7-11(14(18)19)12(8-10)16-13(17)9-4-2-1-3-5-9/h1-8H,15H2,(H,16,17)(H,18,19). The first-order chi connectivity index (χ1) is 9.08. The summed E-state index contributed by atoms with van der Waals surface area (Å²) in [5, 5.41) is 11.6. The third-order valence-corrected chi connectivity index (χ3v) is 2.56. The zero-order valence-electron chi connectivity index (χ0n) is 9.96. The van der Waals surface area contributed by atoms with Gasteiger partial charge < -0.3 is 16.2 Å². The molecule has 19 heavy (non-hydrogen) atoms. The lowest BCUT2D eigenvalue weighted by molar-refractivity contribution is 0.0698. The molecular weight excluding hydrogens is 244 g/mol. The van der Waals surface area contributed by atoms with E-state index in [1.165, 1.54) is 18.2 Å².